The normalized spacial score (nSPS) is 21.1. The molecule has 2 saturated heterocycles. The fourth-order valence-electron chi connectivity index (χ4n) is 4.58. The number of nitrogens with zero attached hydrogens (tertiary/aromatic N) is 4. The molecule has 3 heterocycles. The first-order chi connectivity index (χ1) is 15.1. The van der Waals surface area contributed by atoms with Gasteiger partial charge >= 0.3 is 0 Å². The highest BCUT2D eigenvalue weighted by Gasteiger charge is 2.41. The molecule has 2 N–H and O–H groups in total. The van der Waals surface area contributed by atoms with Crippen LogP contribution in [0.15, 0.2) is 42.6 Å². The number of aliphatic hydroxyl groups is 1. The lowest BCUT2D eigenvalue weighted by Crippen LogP contribution is -2.56. The molecule has 3 atom stereocenters. The van der Waals surface area contributed by atoms with Crippen LogP contribution >= 0.6 is 0 Å². The Morgan fingerprint density at radius 3 is 2.52 bits per heavy atom. The number of nitrogens with one attached hydrogen (secondary N) is 1. The van der Waals surface area contributed by atoms with Crippen molar-refractivity contribution in [2.24, 2.45) is 0 Å². The van der Waals surface area contributed by atoms with Crippen molar-refractivity contribution in [2.75, 3.05) is 31.1 Å². The molecule has 4 rings (SSSR count). The van der Waals surface area contributed by atoms with Gasteiger partial charge in [-0.15, -0.1) is 0 Å². The first kappa shape index (κ1) is 21.2. The highest BCUT2D eigenvalue weighted by atomic mass is 19.1. The molecule has 31 heavy (non-hydrogen) atoms. The number of hydrogen-bond donors (Lipinski definition) is 2. The molecule has 2 bridgehead atoms. The van der Waals surface area contributed by atoms with E-state index in [1.54, 1.807) is 24.4 Å². The van der Waals surface area contributed by atoms with Crippen LogP contribution in [-0.2, 0) is 4.79 Å². The summed E-state index contributed by atoms with van der Waals surface area (Å²) in [5.74, 6) is 0.638. The summed E-state index contributed by atoms with van der Waals surface area (Å²) in [6.07, 6.45) is 3.97. The highest BCUT2D eigenvalue weighted by Crippen LogP contribution is 2.34. The average Bonchev–Trinajstić information content (AvgIpc) is 3.06. The highest BCUT2D eigenvalue weighted by molar-refractivity contribution is 5.77. The molecule has 1 aromatic carbocycles. The Labute approximate surface area is 181 Å². The van der Waals surface area contributed by atoms with Crippen LogP contribution < -0.4 is 10.2 Å². The van der Waals surface area contributed by atoms with Crippen LogP contribution in [0.1, 0.15) is 36.4 Å². The number of aromatic nitrogens is 1. The summed E-state index contributed by atoms with van der Waals surface area (Å²) in [5.41, 5.74) is 1.33. The predicted octanol–water partition coefficient (Wildman–Crippen LogP) is 1.99. The Balaban J connectivity index is 1.30. The van der Waals surface area contributed by atoms with Gasteiger partial charge in [-0.1, -0.05) is 12.1 Å². The molecule has 0 spiro atoms. The standard InChI is InChI=1S/C23H26FN5O2/c24-18-4-2-17(3-5-18)21(15-30)26-10-9-23(31)28-13-19-6-7-20(14-28)29(19)22-8-1-16(11-25)12-27-22/h1-5,8,12,19-21,26,30H,6-7,9-10,13-15H2/t19-,20?,21-/m0/s1. The number of benzene rings is 1. The summed E-state index contributed by atoms with van der Waals surface area (Å²) in [4.78, 5) is 21.5. The number of nitriles is 1. The largest absolute Gasteiger partial charge is 0.394 e. The SMILES string of the molecule is N#Cc1ccc(N2C3CC[C@H]2CN(C(=O)CCN[C@@H](CO)c2ccc(F)cc2)C3)nc1. The van der Waals surface area contributed by atoms with Crippen LogP contribution in [0, 0.1) is 17.1 Å². The maximum Gasteiger partial charge on any atom is 0.223 e. The minimum atomic E-state index is -0.330. The lowest BCUT2D eigenvalue weighted by molar-refractivity contribution is -0.132. The third kappa shape index (κ3) is 4.68. The van der Waals surface area contributed by atoms with Crippen molar-refractivity contribution in [1.29, 1.82) is 5.26 Å². The van der Waals surface area contributed by atoms with Crippen LogP contribution in [0.5, 0.6) is 0 Å². The number of anilines is 1. The summed E-state index contributed by atoms with van der Waals surface area (Å²) in [6, 6.07) is 11.9. The van der Waals surface area contributed by atoms with Crippen molar-refractivity contribution in [3.05, 3.63) is 59.5 Å². The molecule has 0 aliphatic carbocycles. The van der Waals surface area contributed by atoms with Crippen LogP contribution in [0.25, 0.3) is 0 Å². The van der Waals surface area contributed by atoms with Crippen LogP contribution in [0.3, 0.4) is 0 Å². The molecule has 0 saturated carbocycles. The van der Waals surface area contributed by atoms with Gasteiger partial charge in [0, 0.05) is 44.3 Å². The Morgan fingerprint density at radius 1 is 1.23 bits per heavy atom. The second kappa shape index (κ2) is 9.41. The number of aliphatic hydroxyl groups excluding tert-OH is 1. The number of halogens is 1. The molecular weight excluding hydrogens is 397 g/mol. The van der Waals surface area contributed by atoms with E-state index in [1.807, 2.05) is 11.0 Å². The number of likely N-dealkylation sites (tertiary alicyclic amines) is 1. The fraction of sp³-hybridized carbons (Fsp3) is 0.435. The number of pyridine rings is 1. The maximum absolute atomic E-state index is 13.1. The van der Waals surface area contributed by atoms with E-state index in [9.17, 15) is 14.3 Å². The number of carbonyl (C=O) groups is 1. The van der Waals surface area contributed by atoms with E-state index in [-0.39, 0.29) is 36.5 Å². The van der Waals surface area contributed by atoms with E-state index in [0.29, 0.717) is 31.6 Å². The Hall–Kier alpha value is -3.02. The van der Waals surface area contributed by atoms with Crippen LogP contribution in [-0.4, -0.2) is 59.2 Å². The van der Waals surface area contributed by atoms with Crippen molar-refractivity contribution < 1.29 is 14.3 Å². The summed E-state index contributed by atoms with van der Waals surface area (Å²) in [7, 11) is 0. The summed E-state index contributed by atoms with van der Waals surface area (Å²) in [6.45, 7) is 1.64. The number of carbonyl (C=O) groups excluding carboxylic acids is 1. The molecule has 8 heteroatoms. The summed E-state index contributed by atoms with van der Waals surface area (Å²) in [5, 5.41) is 21.8. The third-order valence-corrected chi connectivity index (χ3v) is 6.16. The van der Waals surface area contributed by atoms with Gasteiger partial charge in [-0.25, -0.2) is 9.37 Å². The predicted molar refractivity (Wildman–Crippen MR) is 114 cm³/mol. The first-order valence-electron chi connectivity index (χ1n) is 10.6. The molecule has 2 aliphatic rings. The minimum absolute atomic E-state index is 0.0904. The second-order valence-electron chi connectivity index (χ2n) is 8.10. The van der Waals surface area contributed by atoms with Gasteiger partial charge in [-0.05, 0) is 42.7 Å². The molecule has 0 radical (unpaired) electrons. The Morgan fingerprint density at radius 2 is 1.94 bits per heavy atom. The first-order valence-corrected chi connectivity index (χ1v) is 10.6. The topological polar surface area (TPSA) is 92.5 Å². The van der Waals surface area contributed by atoms with E-state index in [0.717, 1.165) is 24.2 Å². The summed E-state index contributed by atoms with van der Waals surface area (Å²) < 4.78 is 13.1. The van der Waals surface area contributed by atoms with Crippen molar-refractivity contribution in [1.82, 2.24) is 15.2 Å². The number of fused-ring (bicyclic) bond motifs is 2. The van der Waals surface area contributed by atoms with Crippen molar-refractivity contribution >= 4 is 11.7 Å². The average molecular weight is 423 g/mol. The van der Waals surface area contributed by atoms with Gasteiger partial charge in [0.2, 0.25) is 5.91 Å². The molecule has 162 valence electrons. The van der Waals surface area contributed by atoms with Gasteiger partial charge in [0.15, 0.2) is 0 Å². The summed E-state index contributed by atoms with van der Waals surface area (Å²) >= 11 is 0. The molecule has 2 aliphatic heterocycles. The van der Waals surface area contributed by atoms with Crippen molar-refractivity contribution in [3.8, 4) is 6.07 Å². The van der Waals surface area contributed by atoms with Gasteiger partial charge in [-0.2, -0.15) is 5.26 Å². The fourth-order valence-corrected chi connectivity index (χ4v) is 4.58. The zero-order chi connectivity index (χ0) is 21.8. The number of rotatable bonds is 7. The molecule has 2 aromatic rings. The van der Waals surface area contributed by atoms with Crippen molar-refractivity contribution in [3.63, 3.8) is 0 Å². The second-order valence-corrected chi connectivity index (χ2v) is 8.10. The van der Waals surface area contributed by atoms with Gasteiger partial charge in [-0.3, -0.25) is 4.79 Å². The molecule has 1 aromatic heterocycles. The van der Waals surface area contributed by atoms with E-state index >= 15 is 0 Å². The molecule has 2 fully saturated rings. The van der Waals surface area contributed by atoms with Gasteiger partial charge in [0.1, 0.15) is 17.7 Å². The number of amides is 1. The minimum Gasteiger partial charge on any atom is -0.394 e. The third-order valence-electron chi connectivity index (χ3n) is 6.16. The quantitative estimate of drug-likeness (QED) is 0.708. The van der Waals surface area contributed by atoms with E-state index in [4.69, 9.17) is 5.26 Å². The molecule has 1 unspecified atom stereocenters. The lowest BCUT2D eigenvalue weighted by atomic mass is 10.1. The zero-order valence-electron chi connectivity index (χ0n) is 17.2. The molecular formula is C23H26FN5O2. The van der Waals surface area contributed by atoms with E-state index in [1.165, 1.54) is 12.1 Å². The van der Waals surface area contributed by atoms with E-state index < -0.39 is 0 Å². The lowest BCUT2D eigenvalue weighted by Gasteiger charge is -2.42. The van der Waals surface area contributed by atoms with Crippen LogP contribution in [0.2, 0.25) is 0 Å². The Kier molecular flexibility index (Phi) is 6.44. The van der Waals surface area contributed by atoms with Gasteiger partial charge < -0.3 is 20.2 Å². The van der Waals surface area contributed by atoms with Crippen LogP contribution in [0.4, 0.5) is 10.2 Å². The molecule has 1 amide bonds. The number of hydrogen-bond acceptors (Lipinski definition) is 6. The maximum atomic E-state index is 13.1. The monoisotopic (exact) mass is 423 g/mol. The van der Waals surface area contributed by atoms with Gasteiger partial charge in [0.25, 0.3) is 0 Å². The zero-order valence-corrected chi connectivity index (χ0v) is 17.2. The smallest absolute Gasteiger partial charge is 0.223 e. The van der Waals surface area contributed by atoms with Gasteiger partial charge in [0.05, 0.1) is 18.2 Å². The van der Waals surface area contributed by atoms with E-state index in [2.05, 4.69) is 21.3 Å². The Bertz CT molecular complexity index is 930. The van der Waals surface area contributed by atoms with Crippen molar-refractivity contribution in [2.45, 2.75) is 37.4 Å². The molecule has 7 nitrogen and oxygen atoms in total. The number of piperazine rings is 1.